The summed E-state index contributed by atoms with van der Waals surface area (Å²) in [6, 6.07) is 0. The second kappa shape index (κ2) is 7.17. The quantitative estimate of drug-likeness (QED) is 0.530. The Labute approximate surface area is 114 Å². The van der Waals surface area contributed by atoms with Gasteiger partial charge < -0.3 is 10.2 Å². The molecule has 0 aromatic rings. The summed E-state index contributed by atoms with van der Waals surface area (Å²) in [4.78, 5) is 0. The fraction of sp³-hybridized carbons (Fsp3) is 1.00. The number of hydrogen-bond donors (Lipinski definition) is 2. The molecule has 122 valence electrons. The first-order chi connectivity index (χ1) is 8.81. The van der Waals surface area contributed by atoms with E-state index in [-0.39, 0.29) is 0 Å². The van der Waals surface area contributed by atoms with E-state index in [0.29, 0.717) is 0 Å². The maximum absolute atomic E-state index is 13.2. The lowest BCUT2D eigenvalue weighted by Gasteiger charge is -2.27. The minimum Gasteiger partial charge on any atom is -0.384 e. The van der Waals surface area contributed by atoms with Crippen LogP contribution in [0.3, 0.4) is 0 Å². The molecule has 0 fully saturated rings. The molecular weight excluding hydrogens is 307 g/mol. The number of halogens is 4. The molecule has 0 spiro atoms. The Kier molecular flexibility index (Phi) is 7.10. The third-order valence-corrected chi connectivity index (χ3v) is 3.27. The third kappa shape index (κ3) is 5.65. The number of rotatable bonds is 8. The van der Waals surface area contributed by atoms with Crippen molar-refractivity contribution in [1.29, 1.82) is 0 Å². The topological polar surface area (TPSA) is 76.0 Å². The van der Waals surface area contributed by atoms with Gasteiger partial charge in [-0.25, -0.2) is 9.05 Å². The van der Waals surface area contributed by atoms with Gasteiger partial charge in [-0.05, 0) is 11.8 Å². The van der Waals surface area contributed by atoms with E-state index in [1.165, 1.54) is 27.7 Å². The maximum atomic E-state index is 13.2. The van der Waals surface area contributed by atoms with Crippen molar-refractivity contribution in [2.24, 2.45) is 11.8 Å². The van der Waals surface area contributed by atoms with Crippen LogP contribution in [0.5, 0.6) is 0 Å². The number of aliphatic hydroxyl groups is 2. The first kappa shape index (κ1) is 19.8. The number of aliphatic hydroxyl groups excluding tert-OH is 2. The van der Waals surface area contributed by atoms with Crippen molar-refractivity contribution in [3.63, 3.8) is 0 Å². The van der Waals surface area contributed by atoms with E-state index in [9.17, 15) is 22.1 Å². The van der Waals surface area contributed by atoms with Crippen LogP contribution in [-0.2, 0) is 13.6 Å². The molecule has 0 amide bonds. The number of hydrogen-bond acceptors (Lipinski definition) is 5. The van der Waals surface area contributed by atoms with Crippen LogP contribution in [-0.4, -0.2) is 34.6 Å². The Balaban J connectivity index is 4.72. The van der Waals surface area contributed by atoms with Gasteiger partial charge in [0.25, 0.3) is 0 Å². The van der Waals surface area contributed by atoms with Gasteiger partial charge in [0, 0.05) is 0 Å². The molecule has 2 unspecified atom stereocenters. The van der Waals surface area contributed by atoms with Gasteiger partial charge in [0.1, 0.15) is 12.2 Å². The number of alkyl halides is 4. The van der Waals surface area contributed by atoms with Gasteiger partial charge in [0.15, 0.2) is 0 Å². The van der Waals surface area contributed by atoms with Crippen LogP contribution >= 0.6 is 8.25 Å². The van der Waals surface area contributed by atoms with Crippen LogP contribution in [0.4, 0.5) is 17.6 Å². The van der Waals surface area contributed by atoms with E-state index in [1.54, 1.807) is 0 Å². The Morgan fingerprint density at radius 2 is 1.10 bits per heavy atom. The molecule has 0 aliphatic carbocycles. The van der Waals surface area contributed by atoms with E-state index in [4.69, 9.17) is 10.2 Å². The lowest BCUT2D eigenvalue weighted by molar-refractivity contribution is -0.276. The monoisotopic (exact) mass is 326 g/mol. The molecule has 0 saturated carbocycles. The van der Waals surface area contributed by atoms with Crippen LogP contribution in [0, 0.1) is 11.8 Å². The standard InChI is InChI=1S/C10H19F4O5P/c1-5(2)7(15)9(11,12)18-20(17)19-10(13,14)8(16)6(3)4/h5-8,15-16,20H,1-4H3. The molecule has 0 aromatic heterocycles. The highest BCUT2D eigenvalue weighted by atomic mass is 31.1. The molecule has 0 rings (SSSR count). The molecule has 0 saturated heterocycles. The highest BCUT2D eigenvalue weighted by Crippen LogP contribution is 2.43. The zero-order valence-electron chi connectivity index (χ0n) is 11.4. The zero-order chi connectivity index (χ0) is 16.3. The van der Waals surface area contributed by atoms with Crippen molar-refractivity contribution in [3.8, 4) is 0 Å². The van der Waals surface area contributed by atoms with E-state index in [0.717, 1.165) is 0 Å². The van der Waals surface area contributed by atoms with E-state index in [2.05, 4.69) is 9.05 Å². The van der Waals surface area contributed by atoms with Crippen molar-refractivity contribution in [2.75, 3.05) is 0 Å². The highest BCUT2D eigenvalue weighted by molar-refractivity contribution is 7.33. The minimum absolute atomic E-state index is 0.957. The second-order valence-electron chi connectivity index (χ2n) is 4.96. The summed E-state index contributed by atoms with van der Waals surface area (Å²) in [6.45, 7) is 4.93. The molecule has 10 heteroatoms. The van der Waals surface area contributed by atoms with Gasteiger partial charge >= 0.3 is 20.5 Å². The Bertz CT molecular complexity index is 308. The lowest BCUT2D eigenvalue weighted by atomic mass is 10.1. The largest absolute Gasteiger partial charge is 0.388 e. The zero-order valence-corrected chi connectivity index (χ0v) is 12.4. The SMILES string of the molecule is CC(C)C(O)C(F)(F)O[PH](=O)OC(F)(F)C(O)C(C)C. The van der Waals surface area contributed by atoms with Gasteiger partial charge in [-0.2, -0.15) is 17.6 Å². The molecule has 0 bridgehead atoms. The molecular formula is C10H19F4O5P. The average Bonchev–Trinajstić information content (AvgIpc) is 2.24. The van der Waals surface area contributed by atoms with Crippen LogP contribution in [0.25, 0.3) is 0 Å². The molecule has 2 atom stereocenters. The van der Waals surface area contributed by atoms with Crippen LogP contribution in [0.1, 0.15) is 27.7 Å². The summed E-state index contributed by atoms with van der Waals surface area (Å²) < 4.78 is 71.1. The minimum atomic E-state index is -4.33. The van der Waals surface area contributed by atoms with Crippen molar-refractivity contribution < 1.29 is 41.4 Å². The van der Waals surface area contributed by atoms with E-state index in [1.807, 2.05) is 0 Å². The van der Waals surface area contributed by atoms with E-state index >= 15 is 0 Å². The molecule has 0 aromatic carbocycles. The summed E-state index contributed by atoms with van der Waals surface area (Å²) >= 11 is 0. The summed E-state index contributed by atoms with van der Waals surface area (Å²) in [6.07, 6.45) is -13.3. The van der Waals surface area contributed by atoms with Gasteiger partial charge in [-0.3, -0.25) is 4.57 Å². The van der Waals surface area contributed by atoms with Crippen molar-refractivity contribution in [3.05, 3.63) is 0 Å². The molecule has 0 aliphatic heterocycles. The van der Waals surface area contributed by atoms with Crippen LogP contribution in [0.2, 0.25) is 0 Å². The summed E-state index contributed by atoms with van der Waals surface area (Å²) in [7, 11) is -4.33. The first-order valence-corrected chi connectivity index (χ1v) is 7.07. The van der Waals surface area contributed by atoms with Crippen molar-refractivity contribution in [2.45, 2.75) is 52.1 Å². The summed E-state index contributed by atoms with van der Waals surface area (Å²) in [5.74, 6) is -1.91. The molecule has 20 heavy (non-hydrogen) atoms. The predicted molar refractivity (Wildman–Crippen MR) is 62.8 cm³/mol. The van der Waals surface area contributed by atoms with E-state index < -0.39 is 44.5 Å². The Morgan fingerprint density at radius 1 is 0.850 bits per heavy atom. The highest BCUT2D eigenvalue weighted by Gasteiger charge is 2.48. The molecule has 0 radical (unpaired) electrons. The van der Waals surface area contributed by atoms with Crippen LogP contribution < -0.4 is 0 Å². The lowest BCUT2D eigenvalue weighted by Crippen LogP contribution is -2.40. The maximum Gasteiger partial charge on any atom is 0.388 e. The van der Waals surface area contributed by atoms with Gasteiger partial charge in [-0.1, -0.05) is 27.7 Å². The molecule has 5 nitrogen and oxygen atoms in total. The molecule has 0 aliphatic rings. The van der Waals surface area contributed by atoms with Crippen molar-refractivity contribution in [1.82, 2.24) is 0 Å². The van der Waals surface area contributed by atoms with Gasteiger partial charge in [0.05, 0.1) is 0 Å². The summed E-state index contributed by atoms with van der Waals surface area (Å²) in [5.41, 5.74) is 0. The molecule has 2 N–H and O–H groups in total. The molecule has 0 heterocycles. The van der Waals surface area contributed by atoms with Crippen molar-refractivity contribution >= 4 is 8.25 Å². The van der Waals surface area contributed by atoms with Gasteiger partial charge in [-0.15, -0.1) is 0 Å². The second-order valence-corrected chi connectivity index (χ2v) is 5.86. The first-order valence-electron chi connectivity index (χ1n) is 5.85. The van der Waals surface area contributed by atoms with Crippen LogP contribution in [0.15, 0.2) is 0 Å². The third-order valence-electron chi connectivity index (χ3n) is 2.39. The normalized spacial score (nSPS) is 18.4. The smallest absolute Gasteiger partial charge is 0.384 e. The Hall–Kier alpha value is -0.210. The van der Waals surface area contributed by atoms with Gasteiger partial charge in [0.2, 0.25) is 0 Å². The Morgan fingerprint density at radius 3 is 1.30 bits per heavy atom. The summed E-state index contributed by atoms with van der Waals surface area (Å²) in [5, 5.41) is 18.2. The fourth-order valence-corrected chi connectivity index (χ4v) is 1.87. The average molecular weight is 326 g/mol. The fourth-order valence-electron chi connectivity index (χ4n) is 1.14. The predicted octanol–water partition coefficient (Wildman–Crippen LogP) is 2.63.